The first-order chi connectivity index (χ1) is 9.58. The average Bonchev–Trinajstić information content (AvgIpc) is 2.75. The Morgan fingerprint density at radius 3 is 2.55 bits per heavy atom. The highest BCUT2D eigenvalue weighted by atomic mass is 32.1. The summed E-state index contributed by atoms with van der Waals surface area (Å²) in [6.07, 6.45) is 3.05. The number of hydrogen-bond donors (Lipinski definition) is 2. The number of hydrogen-bond acceptors (Lipinski definition) is 2. The van der Waals surface area contributed by atoms with Gasteiger partial charge in [-0.3, -0.25) is 4.68 Å². The summed E-state index contributed by atoms with van der Waals surface area (Å²) in [5.74, 6) is 0. The highest BCUT2D eigenvalue weighted by Gasteiger charge is 2.04. The molecule has 0 saturated carbocycles. The summed E-state index contributed by atoms with van der Waals surface area (Å²) in [7, 11) is 1.92. The molecule has 2 N–H and O–H groups in total. The van der Waals surface area contributed by atoms with E-state index in [1.165, 1.54) is 5.56 Å². The predicted molar refractivity (Wildman–Crippen MR) is 86.8 cm³/mol. The number of nitrogens with one attached hydrogen (secondary N) is 2. The molecule has 0 saturated heterocycles. The molecule has 0 aliphatic rings. The molecular weight excluding hydrogens is 268 g/mol. The summed E-state index contributed by atoms with van der Waals surface area (Å²) in [5.41, 5.74) is 4.50. The Balaban J connectivity index is 1.87. The molecule has 0 bridgehead atoms. The Hall–Kier alpha value is -1.88. The molecule has 0 unspecified atom stereocenters. The SMILES string of the molecule is CCc1ccc(NC(=S)NCc2cn(C)nc2C)cc1. The van der Waals surface area contributed by atoms with Gasteiger partial charge in [0.2, 0.25) is 0 Å². The Morgan fingerprint density at radius 1 is 1.30 bits per heavy atom. The van der Waals surface area contributed by atoms with Crippen molar-refractivity contribution < 1.29 is 0 Å². The smallest absolute Gasteiger partial charge is 0.171 e. The summed E-state index contributed by atoms with van der Waals surface area (Å²) in [4.78, 5) is 0. The maximum Gasteiger partial charge on any atom is 0.171 e. The van der Waals surface area contributed by atoms with E-state index in [1.807, 2.05) is 37.0 Å². The lowest BCUT2D eigenvalue weighted by Gasteiger charge is -2.10. The Labute approximate surface area is 125 Å². The summed E-state index contributed by atoms with van der Waals surface area (Å²) in [6.45, 7) is 4.82. The molecule has 5 heteroatoms. The number of benzene rings is 1. The van der Waals surface area contributed by atoms with Gasteiger partial charge in [-0.25, -0.2) is 0 Å². The zero-order valence-corrected chi connectivity index (χ0v) is 12.9. The van der Waals surface area contributed by atoms with E-state index in [0.29, 0.717) is 11.7 Å². The van der Waals surface area contributed by atoms with E-state index in [-0.39, 0.29) is 0 Å². The van der Waals surface area contributed by atoms with Crippen LogP contribution in [0.5, 0.6) is 0 Å². The van der Waals surface area contributed by atoms with Crippen LogP contribution in [0.1, 0.15) is 23.7 Å². The van der Waals surface area contributed by atoms with E-state index in [4.69, 9.17) is 12.2 Å². The van der Waals surface area contributed by atoms with E-state index in [0.717, 1.165) is 23.4 Å². The molecule has 4 nitrogen and oxygen atoms in total. The highest BCUT2D eigenvalue weighted by Crippen LogP contribution is 2.10. The standard InChI is InChI=1S/C15H20N4S/c1-4-12-5-7-14(8-6-12)17-15(20)16-9-13-10-19(3)18-11(13)2/h5-8,10H,4,9H2,1-3H3,(H2,16,17,20). The second-order valence-corrected chi connectivity index (χ2v) is 5.18. The summed E-state index contributed by atoms with van der Waals surface area (Å²) >= 11 is 5.30. The van der Waals surface area contributed by atoms with E-state index in [1.54, 1.807) is 0 Å². The highest BCUT2D eigenvalue weighted by molar-refractivity contribution is 7.80. The van der Waals surface area contributed by atoms with Crippen molar-refractivity contribution in [2.24, 2.45) is 7.05 Å². The van der Waals surface area contributed by atoms with E-state index in [9.17, 15) is 0 Å². The van der Waals surface area contributed by atoms with Gasteiger partial charge in [-0.2, -0.15) is 5.10 Å². The van der Waals surface area contributed by atoms with Crippen LogP contribution in [0.15, 0.2) is 30.5 Å². The minimum absolute atomic E-state index is 0.623. The van der Waals surface area contributed by atoms with Gasteiger partial charge in [0.05, 0.1) is 5.69 Å². The van der Waals surface area contributed by atoms with Crippen molar-refractivity contribution in [2.45, 2.75) is 26.8 Å². The molecule has 0 fully saturated rings. The molecule has 0 aliphatic heterocycles. The largest absolute Gasteiger partial charge is 0.358 e. The molecule has 0 spiro atoms. The second kappa shape index (κ2) is 6.52. The van der Waals surface area contributed by atoms with E-state index in [2.05, 4.69) is 34.8 Å². The monoisotopic (exact) mass is 288 g/mol. The molecule has 1 heterocycles. The Bertz CT molecular complexity index is 586. The van der Waals surface area contributed by atoms with Crippen LogP contribution in [-0.2, 0) is 20.0 Å². The lowest BCUT2D eigenvalue weighted by molar-refractivity contribution is 0.756. The van der Waals surface area contributed by atoms with Crippen LogP contribution in [0.4, 0.5) is 5.69 Å². The topological polar surface area (TPSA) is 41.9 Å². The number of aryl methyl sites for hydroxylation is 3. The normalized spacial score (nSPS) is 10.3. The van der Waals surface area contributed by atoms with Crippen molar-refractivity contribution in [3.05, 3.63) is 47.3 Å². The third-order valence-corrected chi connectivity index (χ3v) is 3.42. The predicted octanol–water partition coefficient (Wildman–Crippen LogP) is 2.78. The third kappa shape index (κ3) is 3.81. The van der Waals surface area contributed by atoms with E-state index >= 15 is 0 Å². The first kappa shape index (κ1) is 14.5. The van der Waals surface area contributed by atoms with Gasteiger partial charge in [0.25, 0.3) is 0 Å². The van der Waals surface area contributed by atoms with Gasteiger partial charge in [0.1, 0.15) is 0 Å². The van der Waals surface area contributed by atoms with Gasteiger partial charge < -0.3 is 10.6 Å². The van der Waals surface area contributed by atoms with Crippen molar-refractivity contribution >= 4 is 23.0 Å². The van der Waals surface area contributed by atoms with Crippen LogP contribution in [0.3, 0.4) is 0 Å². The molecule has 1 aromatic carbocycles. The van der Waals surface area contributed by atoms with Gasteiger partial charge in [0.15, 0.2) is 5.11 Å². The van der Waals surface area contributed by atoms with Crippen molar-refractivity contribution in [1.29, 1.82) is 0 Å². The Kier molecular flexibility index (Phi) is 4.74. The second-order valence-electron chi connectivity index (χ2n) is 4.77. The molecule has 2 aromatic rings. The summed E-state index contributed by atoms with van der Waals surface area (Å²) in [5, 5.41) is 11.3. The zero-order chi connectivity index (χ0) is 14.5. The molecule has 0 aliphatic carbocycles. The van der Waals surface area contributed by atoms with Gasteiger partial charge in [-0.1, -0.05) is 19.1 Å². The van der Waals surface area contributed by atoms with Gasteiger partial charge >= 0.3 is 0 Å². The maximum atomic E-state index is 5.30. The quantitative estimate of drug-likeness (QED) is 0.849. The van der Waals surface area contributed by atoms with Crippen LogP contribution in [0.25, 0.3) is 0 Å². The fraction of sp³-hybridized carbons (Fsp3) is 0.333. The number of rotatable bonds is 4. The molecule has 0 amide bonds. The van der Waals surface area contributed by atoms with Crippen LogP contribution < -0.4 is 10.6 Å². The molecular formula is C15H20N4S. The van der Waals surface area contributed by atoms with Gasteiger partial charge in [0, 0.05) is 31.0 Å². The van der Waals surface area contributed by atoms with Crippen LogP contribution in [0, 0.1) is 6.92 Å². The molecule has 1 aromatic heterocycles. The fourth-order valence-electron chi connectivity index (χ4n) is 2.00. The fourth-order valence-corrected chi connectivity index (χ4v) is 2.19. The third-order valence-electron chi connectivity index (χ3n) is 3.17. The van der Waals surface area contributed by atoms with Crippen molar-refractivity contribution in [2.75, 3.05) is 5.32 Å². The number of aromatic nitrogens is 2. The van der Waals surface area contributed by atoms with Crippen LogP contribution >= 0.6 is 12.2 Å². The van der Waals surface area contributed by atoms with Gasteiger partial charge in [-0.15, -0.1) is 0 Å². The first-order valence-corrected chi connectivity index (χ1v) is 7.12. The summed E-state index contributed by atoms with van der Waals surface area (Å²) in [6, 6.07) is 8.30. The van der Waals surface area contributed by atoms with Crippen LogP contribution in [-0.4, -0.2) is 14.9 Å². The lowest BCUT2D eigenvalue weighted by Crippen LogP contribution is -2.27. The number of thiocarbonyl (C=S) groups is 1. The van der Waals surface area contributed by atoms with E-state index < -0.39 is 0 Å². The average molecular weight is 288 g/mol. The van der Waals surface area contributed by atoms with Crippen molar-refractivity contribution in [3.63, 3.8) is 0 Å². The lowest BCUT2D eigenvalue weighted by atomic mass is 10.1. The zero-order valence-electron chi connectivity index (χ0n) is 12.1. The minimum Gasteiger partial charge on any atom is -0.358 e. The molecule has 0 atom stereocenters. The maximum absolute atomic E-state index is 5.30. The first-order valence-electron chi connectivity index (χ1n) is 6.71. The van der Waals surface area contributed by atoms with Gasteiger partial charge in [-0.05, 0) is 43.3 Å². The number of nitrogens with zero attached hydrogens (tertiary/aromatic N) is 2. The van der Waals surface area contributed by atoms with Crippen molar-refractivity contribution in [3.8, 4) is 0 Å². The number of anilines is 1. The summed E-state index contributed by atoms with van der Waals surface area (Å²) < 4.78 is 1.81. The van der Waals surface area contributed by atoms with Crippen molar-refractivity contribution in [1.82, 2.24) is 15.1 Å². The molecule has 2 rings (SSSR count). The minimum atomic E-state index is 0.623. The molecule has 0 radical (unpaired) electrons. The molecule has 106 valence electrons. The molecule has 20 heavy (non-hydrogen) atoms. The Morgan fingerprint density at radius 2 is 2.00 bits per heavy atom. The van der Waals surface area contributed by atoms with Crippen LogP contribution in [0.2, 0.25) is 0 Å².